The number of piperazine rings is 1. The Morgan fingerprint density at radius 1 is 1.56 bits per heavy atom. The summed E-state index contributed by atoms with van der Waals surface area (Å²) < 4.78 is 5.46. The molecule has 5 nitrogen and oxygen atoms in total. The van der Waals surface area contributed by atoms with Gasteiger partial charge in [-0.05, 0) is 32.9 Å². The highest BCUT2D eigenvalue weighted by molar-refractivity contribution is 5.89. The van der Waals surface area contributed by atoms with Gasteiger partial charge < -0.3 is 14.6 Å². The monoisotopic (exact) mass is 250 g/mol. The van der Waals surface area contributed by atoms with Gasteiger partial charge in [0.1, 0.15) is 11.5 Å². The minimum absolute atomic E-state index is 0.000683. The van der Waals surface area contributed by atoms with Gasteiger partial charge in [0.05, 0.1) is 12.5 Å². The Morgan fingerprint density at radius 3 is 2.83 bits per heavy atom. The molecule has 2 heterocycles. The smallest absolute Gasteiger partial charge is 0.239 e. The van der Waals surface area contributed by atoms with Crippen molar-refractivity contribution in [2.75, 3.05) is 13.1 Å². The summed E-state index contributed by atoms with van der Waals surface area (Å²) in [5.74, 6) is 0.915. The van der Waals surface area contributed by atoms with Gasteiger partial charge in [0.25, 0.3) is 0 Å². The predicted molar refractivity (Wildman–Crippen MR) is 66.0 cm³/mol. The Bertz CT molecular complexity index is 467. The third-order valence-electron chi connectivity index (χ3n) is 3.11. The Hall–Kier alpha value is -1.78. The second-order valence-electron chi connectivity index (χ2n) is 4.86. The minimum atomic E-state index is -0.350. The Kier molecular flexibility index (Phi) is 3.41. The topological polar surface area (TPSA) is 62.6 Å². The molecule has 0 bridgehead atoms. The third kappa shape index (κ3) is 2.55. The van der Waals surface area contributed by atoms with Crippen molar-refractivity contribution >= 4 is 11.8 Å². The van der Waals surface area contributed by atoms with E-state index in [1.54, 1.807) is 11.8 Å². The van der Waals surface area contributed by atoms with Crippen LogP contribution in [0.5, 0.6) is 0 Å². The molecule has 1 N–H and O–H groups in total. The molecule has 1 aromatic heterocycles. The molecule has 2 amide bonds. The van der Waals surface area contributed by atoms with E-state index in [9.17, 15) is 9.59 Å². The minimum Gasteiger partial charge on any atom is -0.466 e. The molecular weight excluding hydrogens is 232 g/mol. The van der Waals surface area contributed by atoms with Crippen LogP contribution in [0.25, 0.3) is 0 Å². The molecule has 1 fully saturated rings. The van der Waals surface area contributed by atoms with Crippen LogP contribution in [0.1, 0.15) is 31.3 Å². The molecular formula is C13H18N2O3. The number of hydrogen-bond acceptors (Lipinski definition) is 3. The van der Waals surface area contributed by atoms with Crippen LogP contribution < -0.4 is 5.32 Å². The fraction of sp³-hybridized carbons (Fsp3) is 0.538. The molecule has 0 spiro atoms. The molecule has 2 unspecified atom stereocenters. The van der Waals surface area contributed by atoms with Gasteiger partial charge in [0.2, 0.25) is 11.8 Å². The van der Waals surface area contributed by atoms with Gasteiger partial charge in [-0.3, -0.25) is 9.59 Å². The van der Waals surface area contributed by atoms with Crippen LogP contribution in [-0.4, -0.2) is 35.8 Å². The third-order valence-corrected chi connectivity index (χ3v) is 3.11. The Morgan fingerprint density at radius 2 is 2.28 bits per heavy atom. The van der Waals surface area contributed by atoms with Gasteiger partial charge in [-0.1, -0.05) is 0 Å². The number of nitrogens with zero attached hydrogens (tertiary/aromatic N) is 1. The molecule has 1 saturated heterocycles. The predicted octanol–water partition coefficient (Wildman–Crippen LogP) is 1.04. The van der Waals surface area contributed by atoms with E-state index in [2.05, 4.69) is 5.32 Å². The molecule has 0 aromatic carbocycles. The number of rotatable bonds is 2. The van der Waals surface area contributed by atoms with Crippen molar-refractivity contribution in [3.05, 3.63) is 23.7 Å². The Labute approximate surface area is 106 Å². The quantitative estimate of drug-likeness (QED) is 0.853. The first kappa shape index (κ1) is 12.7. The van der Waals surface area contributed by atoms with Crippen molar-refractivity contribution in [3.63, 3.8) is 0 Å². The first-order valence-corrected chi connectivity index (χ1v) is 6.12. The number of carbonyl (C=O) groups excluding carboxylic acids is 2. The maximum atomic E-state index is 12.3. The highest BCUT2D eigenvalue weighted by atomic mass is 16.3. The van der Waals surface area contributed by atoms with Crippen molar-refractivity contribution in [3.8, 4) is 0 Å². The van der Waals surface area contributed by atoms with E-state index < -0.39 is 0 Å². The standard InChI is InChI=1S/C13H18N2O3/c1-8-6-15(7-12(16)14-8)13(17)10(3)11-5-4-9(2)18-11/h4-5,8,10H,6-7H2,1-3H3,(H,14,16). The summed E-state index contributed by atoms with van der Waals surface area (Å²) in [4.78, 5) is 25.3. The molecule has 0 aliphatic carbocycles. The molecule has 0 radical (unpaired) electrons. The van der Waals surface area contributed by atoms with E-state index in [0.717, 1.165) is 5.76 Å². The molecule has 5 heteroatoms. The number of amides is 2. The fourth-order valence-corrected chi connectivity index (χ4v) is 2.18. The summed E-state index contributed by atoms with van der Waals surface area (Å²) in [5.41, 5.74) is 0. The van der Waals surface area contributed by atoms with Gasteiger partial charge in [-0.25, -0.2) is 0 Å². The number of carbonyl (C=O) groups is 2. The molecule has 1 aliphatic heterocycles. The molecule has 2 rings (SSSR count). The lowest BCUT2D eigenvalue weighted by Crippen LogP contribution is -2.55. The summed E-state index contributed by atoms with van der Waals surface area (Å²) in [5, 5.41) is 2.79. The molecule has 18 heavy (non-hydrogen) atoms. The molecule has 1 aliphatic rings. The zero-order chi connectivity index (χ0) is 13.3. The van der Waals surface area contributed by atoms with E-state index in [1.165, 1.54) is 0 Å². The summed E-state index contributed by atoms with van der Waals surface area (Å²) in [6.45, 7) is 6.22. The summed E-state index contributed by atoms with van der Waals surface area (Å²) in [6.07, 6.45) is 0. The maximum Gasteiger partial charge on any atom is 0.239 e. The van der Waals surface area contributed by atoms with Crippen LogP contribution in [0, 0.1) is 6.92 Å². The van der Waals surface area contributed by atoms with E-state index in [4.69, 9.17) is 4.42 Å². The average molecular weight is 250 g/mol. The van der Waals surface area contributed by atoms with Crippen molar-refractivity contribution in [2.24, 2.45) is 0 Å². The highest BCUT2D eigenvalue weighted by Crippen LogP contribution is 2.21. The van der Waals surface area contributed by atoms with Gasteiger partial charge in [0, 0.05) is 12.6 Å². The van der Waals surface area contributed by atoms with Crippen LogP contribution in [0.4, 0.5) is 0 Å². The number of aryl methyl sites for hydroxylation is 1. The number of hydrogen-bond donors (Lipinski definition) is 1. The Balaban J connectivity index is 2.08. The second-order valence-corrected chi connectivity index (χ2v) is 4.86. The van der Waals surface area contributed by atoms with E-state index >= 15 is 0 Å². The summed E-state index contributed by atoms with van der Waals surface area (Å²) in [7, 11) is 0. The second kappa shape index (κ2) is 4.84. The van der Waals surface area contributed by atoms with Crippen LogP contribution in [-0.2, 0) is 9.59 Å². The van der Waals surface area contributed by atoms with Crippen LogP contribution in [0.2, 0.25) is 0 Å². The van der Waals surface area contributed by atoms with E-state index in [1.807, 2.05) is 26.0 Å². The molecule has 1 aromatic rings. The first-order valence-electron chi connectivity index (χ1n) is 6.12. The zero-order valence-electron chi connectivity index (χ0n) is 10.9. The van der Waals surface area contributed by atoms with Gasteiger partial charge in [-0.15, -0.1) is 0 Å². The van der Waals surface area contributed by atoms with Crippen molar-refractivity contribution in [1.82, 2.24) is 10.2 Å². The zero-order valence-corrected chi connectivity index (χ0v) is 10.9. The average Bonchev–Trinajstić information content (AvgIpc) is 2.72. The van der Waals surface area contributed by atoms with Crippen molar-refractivity contribution < 1.29 is 14.0 Å². The van der Waals surface area contributed by atoms with Crippen LogP contribution in [0.15, 0.2) is 16.5 Å². The molecule has 0 saturated carbocycles. The van der Waals surface area contributed by atoms with Crippen molar-refractivity contribution in [2.45, 2.75) is 32.7 Å². The van der Waals surface area contributed by atoms with E-state index in [-0.39, 0.29) is 30.3 Å². The fourth-order valence-electron chi connectivity index (χ4n) is 2.18. The lowest BCUT2D eigenvalue weighted by atomic mass is 10.1. The first-order chi connectivity index (χ1) is 8.47. The van der Waals surface area contributed by atoms with Gasteiger partial charge in [-0.2, -0.15) is 0 Å². The molecule has 2 atom stereocenters. The van der Waals surface area contributed by atoms with Gasteiger partial charge >= 0.3 is 0 Å². The van der Waals surface area contributed by atoms with Crippen molar-refractivity contribution in [1.29, 1.82) is 0 Å². The van der Waals surface area contributed by atoms with Crippen LogP contribution in [0.3, 0.4) is 0 Å². The van der Waals surface area contributed by atoms with Gasteiger partial charge in [0.15, 0.2) is 0 Å². The lowest BCUT2D eigenvalue weighted by Gasteiger charge is -2.32. The summed E-state index contributed by atoms with van der Waals surface area (Å²) >= 11 is 0. The maximum absolute atomic E-state index is 12.3. The van der Waals surface area contributed by atoms with E-state index in [0.29, 0.717) is 12.3 Å². The normalized spacial score (nSPS) is 21.6. The number of nitrogens with one attached hydrogen (secondary N) is 1. The SMILES string of the molecule is Cc1ccc(C(C)C(=O)N2CC(=O)NC(C)C2)o1. The summed E-state index contributed by atoms with van der Waals surface area (Å²) in [6, 6.07) is 3.65. The number of furan rings is 1. The lowest BCUT2D eigenvalue weighted by molar-refractivity contribution is -0.140. The highest BCUT2D eigenvalue weighted by Gasteiger charge is 2.30. The largest absolute Gasteiger partial charge is 0.466 e. The van der Waals surface area contributed by atoms with Crippen LogP contribution >= 0.6 is 0 Å². The molecule has 98 valence electrons.